The third kappa shape index (κ3) is 3.37. The molecule has 0 radical (unpaired) electrons. The van der Waals surface area contributed by atoms with Crippen molar-refractivity contribution in [1.29, 1.82) is 0 Å². The topological polar surface area (TPSA) is 63.1 Å². The molecule has 4 rings (SSSR count). The maximum Gasteiger partial charge on any atom is 0.261 e. The van der Waals surface area contributed by atoms with Gasteiger partial charge in [0.1, 0.15) is 0 Å². The van der Waals surface area contributed by atoms with E-state index >= 15 is 0 Å². The smallest absolute Gasteiger partial charge is 0.261 e. The number of likely N-dealkylation sites (tertiary alicyclic amines) is 1. The van der Waals surface area contributed by atoms with E-state index in [0.29, 0.717) is 19.0 Å². The third-order valence-electron chi connectivity index (χ3n) is 4.89. The number of thiophene rings is 1. The quantitative estimate of drug-likeness (QED) is 0.751. The van der Waals surface area contributed by atoms with Crippen LogP contribution in [0.25, 0.3) is 11.0 Å². The molecule has 1 aliphatic heterocycles. The molecule has 6 nitrogen and oxygen atoms in total. The summed E-state index contributed by atoms with van der Waals surface area (Å²) in [7, 11) is 2.15. The van der Waals surface area contributed by atoms with Gasteiger partial charge in [-0.05, 0) is 51.2 Å². The lowest BCUT2D eigenvalue weighted by Gasteiger charge is -2.08. The maximum atomic E-state index is 12.2. The van der Waals surface area contributed by atoms with Crippen LogP contribution < -0.4 is 5.32 Å². The number of hydrogen-bond donors (Lipinski definition) is 1. The third-order valence-corrected chi connectivity index (χ3v) is 5.89. The Balaban J connectivity index is 1.49. The molecule has 3 aromatic rings. The Bertz CT molecular complexity index is 931. The highest BCUT2D eigenvalue weighted by atomic mass is 32.1. The fourth-order valence-corrected chi connectivity index (χ4v) is 4.35. The average molecular weight is 369 g/mol. The molecule has 1 aliphatic rings. The summed E-state index contributed by atoms with van der Waals surface area (Å²) >= 11 is 1.51. The molecule has 0 aliphatic carbocycles. The molecule has 1 N–H and O–H groups in total. The molecule has 3 aromatic heterocycles. The molecule has 0 aromatic carbocycles. The first kappa shape index (κ1) is 17.2. The molecule has 0 bridgehead atoms. The average Bonchev–Trinajstić information content (AvgIpc) is 3.34. The van der Waals surface area contributed by atoms with Crippen LogP contribution in [0.5, 0.6) is 0 Å². The molecule has 4 heterocycles. The summed E-state index contributed by atoms with van der Waals surface area (Å²) in [5, 5.41) is 8.98. The molecular formula is C19H23N5OS. The van der Waals surface area contributed by atoms with Gasteiger partial charge in [-0.15, -0.1) is 11.3 Å². The number of pyridine rings is 1. The van der Waals surface area contributed by atoms with Crippen LogP contribution in [0.2, 0.25) is 0 Å². The van der Waals surface area contributed by atoms with Crippen molar-refractivity contribution in [2.24, 2.45) is 0 Å². The van der Waals surface area contributed by atoms with Gasteiger partial charge in [0, 0.05) is 35.5 Å². The fourth-order valence-electron chi connectivity index (χ4n) is 3.57. The predicted molar refractivity (Wildman–Crippen MR) is 104 cm³/mol. The van der Waals surface area contributed by atoms with Crippen molar-refractivity contribution in [2.45, 2.75) is 25.8 Å². The second kappa shape index (κ2) is 7.17. The summed E-state index contributed by atoms with van der Waals surface area (Å²) in [6, 6.07) is 7.91. The molecular weight excluding hydrogens is 346 g/mol. The number of aromatic nitrogens is 3. The summed E-state index contributed by atoms with van der Waals surface area (Å²) < 4.78 is 1.93. The molecule has 0 saturated carbocycles. The number of carbonyl (C=O) groups is 1. The first-order valence-electron chi connectivity index (χ1n) is 8.96. The number of rotatable bonds is 5. The van der Waals surface area contributed by atoms with Crippen LogP contribution in [-0.2, 0) is 6.54 Å². The van der Waals surface area contributed by atoms with Crippen molar-refractivity contribution in [3.63, 3.8) is 0 Å². The zero-order valence-electron chi connectivity index (χ0n) is 15.1. The Hall–Kier alpha value is -2.25. The molecule has 26 heavy (non-hydrogen) atoms. The van der Waals surface area contributed by atoms with E-state index in [1.54, 1.807) is 6.20 Å². The Morgan fingerprint density at radius 2 is 2.27 bits per heavy atom. The Labute approximate surface area is 156 Å². The van der Waals surface area contributed by atoms with Crippen molar-refractivity contribution >= 4 is 28.3 Å². The van der Waals surface area contributed by atoms with E-state index in [4.69, 9.17) is 5.10 Å². The lowest BCUT2D eigenvalue weighted by Crippen LogP contribution is -2.27. The molecule has 1 fully saturated rings. The number of nitrogens with one attached hydrogen (secondary N) is 1. The van der Waals surface area contributed by atoms with Crippen LogP contribution in [0, 0.1) is 6.92 Å². The Morgan fingerprint density at radius 1 is 1.38 bits per heavy atom. The van der Waals surface area contributed by atoms with Gasteiger partial charge in [0.25, 0.3) is 5.91 Å². The van der Waals surface area contributed by atoms with E-state index in [2.05, 4.69) is 28.3 Å². The minimum Gasteiger partial charge on any atom is -0.349 e. The molecule has 7 heteroatoms. The van der Waals surface area contributed by atoms with Crippen LogP contribution in [-0.4, -0.2) is 52.3 Å². The molecule has 1 amide bonds. The van der Waals surface area contributed by atoms with E-state index in [1.807, 2.05) is 29.8 Å². The fraction of sp³-hybridized carbons (Fsp3) is 0.421. The van der Waals surface area contributed by atoms with E-state index < -0.39 is 0 Å². The molecule has 1 unspecified atom stereocenters. The van der Waals surface area contributed by atoms with Gasteiger partial charge in [0.15, 0.2) is 5.65 Å². The monoisotopic (exact) mass is 369 g/mol. The summed E-state index contributed by atoms with van der Waals surface area (Å²) in [5.41, 5.74) is 2.04. The predicted octanol–water partition coefficient (Wildman–Crippen LogP) is 2.65. The first-order chi connectivity index (χ1) is 12.6. The number of hydrogen-bond acceptors (Lipinski definition) is 5. The van der Waals surface area contributed by atoms with Crippen molar-refractivity contribution in [2.75, 3.05) is 26.7 Å². The second-order valence-corrected chi connectivity index (χ2v) is 8.18. The zero-order chi connectivity index (χ0) is 18.1. The minimum absolute atomic E-state index is 0.0230. The van der Waals surface area contributed by atoms with Crippen LogP contribution >= 0.6 is 11.3 Å². The molecule has 1 saturated heterocycles. The van der Waals surface area contributed by atoms with Gasteiger partial charge >= 0.3 is 0 Å². The number of fused-ring (bicyclic) bond motifs is 1. The summed E-state index contributed by atoms with van der Waals surface area (Å²) in [5.74, 6) is 0.432. The highest BCUT2D eigenvalue weighted by Crippen LogP contribution is 2.30. The van der Waals surface area contributed by atoms with Crippen LogP contribution in [0.1, 0.15) is 32.6 Å². The van der Waals surface area contributed by atoms with Gasteiger partial charge in [0.05, 0.1) is 17.1 Å². The van der Waals surface area contributed by atoms with E-state index in [9.17, 15) is 4.79 Å². The van der Waals surface area contributed by atoms with Crippen LogP contribution in [0.4, 0.5) is 0 Å². The molecule has 0 spiro atoms. The number of likely N-dealkylation sites (N-methyl/N-ethyl adjacent to an activating group) is 1. The largest absolute Gasteiger partial charge is 0.349 e. The molecule has 136 valence electrons. The lowest BCUT2D eigenvalue weighted by molar-refractivity contribution is 0.0956. The van der Waals surface area contributed by atoms with Gasteiger partial charge in [-0.25, -0.2) is 9.67 Å². The number of amides is 1. The van der Waals surface area contributed by atoms with E-state index in [1.165, 1.54) is 11.3 Å². The normalized spacial score (nSPS) is 17.8. The van der Waals surface area contributed by atoms with Crippen LogP contribution in [0.15, 0.2) is 30.5 Å². The van der Waals surface area contributed by atoms with Crippen molar-refractivity contribution in [1.82, 2.24) is 25.0 Å². The highest BCUT2D eigenvalue weighted by molar-refractivity contribution is 7.13. The van der Waals surface area contributed by atoms with E-state index in [0.717, 1.165) is 46.0 Å². The SMILES string of the molecule is Cc1ccc(C(=O)NCCn2nc(C3CCN(C)C3)c3cccnc32)s1. The standard InChI is InChI=1S/C19H23N5OS/c1-13-5-6-16(26-13)19(25)21-9-11-24-18-15(4-3-8-20-18)17(22-24)14-7-10-23(2)12-14/h3-6,8,14H,7,9-12H2,1-2H3,(H,21,25). The Morgan fingerprint density at radius 3 is 3.00 bits per heavy atom. The number of nitrogens with zero attached hydrogens (tertiary/aromatic N) is 4. The second-order valence-electron chi connectivity index (χ2n) is 6.90. The van der Waals surface area contributed by atoms with Crippen LogP contribution in [0.3, 0.4) is 0 Å². The summed E-state index contributed by atoms with van der Waals surface area (Å²) in [6.45, 7) is 5.30. The number of carbonyl (C=O) groups excluding carboxylic acids is 1. The van der Waals surface area contributed by atoms with Gasteiger partial charge < -0.3 is 10.2 Å². The number of aryl methyl sites for hydroxylation is 1. The summed E-state index contributed by atoms with van der Waals surface area (Å²) in [6.07, 6.45) is 2.93. The van der Waals surface area contributed by atoms with Crippen molar-refractivity contribution in [3.8, 4) is 0 Å². The molecule has 1 atom stereocenters. The van der Waals surface area contributed by atoms with Gasteiger partial charge in [-0.3, -0.25) is 4.79 Å². The minimum atomic E-state index is -0.0230. The first-order valence-corrected chi connectivity index (χ1v) is 9.78. The summed E-state index contributed by atoms with van der Waals surface area (Å²) in [4.78, 5) is 21.0. The van der Waals surface area contributed by atoms with Gasteiger partial charge in [0.2, 0.25) is 0 Å². The zero-order valence-corrected chi connectivity index (χ0v) is 15.9. The Kier molecular flexibility index (Phi) is 4.74. The van der Waals surface area contributed by atoms with E-state index in [-0.39, 0.29) is 5.91 Å². The van der Waals surface area contributed by atoms with Crippen molar-refractivity contribution < 1.29 is 4.79 Å². The lowest BCUT2D eigenvalue weighted by atomic mass is 10.0. The maximum absolute atomic E-state index is 12.2. The van der Waals surface area contributed by atoms with Gasteiger partial charge in [-0.2, -0.15) is 5.10 Å². The van der Waals surface area contributed by atoms with Crippen molar-refractivity contribution in [3.05, 3.63) is 45.9 Å². The highest BCUT2D eigenvalue weighted by Gasteiger charge is 2.26. The van der Waals surface area contributed by atoms with Gasteiger partial charge in [-0.1, -0.05) is 0 Å².